The lowest BCUT2D eigenvalue weighted by molar-refractivity contribution is -0.219. The molecule has 0 aromatic rings. The van der Waals surface area contributed by atoms with E-state index < -0.39 is 205 Å². The van der Waals surface area contributed by atoms with Crippen molar-refractivity contribution in [2.75, 3.05) is 89.2 Å². The Labute approximate surface area is 615 Å². The number of ether oxygens (including phenoxy) is 1. The highest BCUT2D eigenvalue weighted by atomic mass is 19.4. The highest BCUT2D eigenvalue weighted by Gasteiger charge is 2.56. The summed E-state index contributed by atoms with van der Waals surface area (Å²) < 4.78 is 78.9. The number of amides is 12. The van der Waals surface area contributed by atoms with E-state index in [0.29, 0.717) is 50.9 Å². The summed E-state index contributed by atoms with van der Waals surface area (Å²) in [5, 5.41) is 8.62. The molecule has 30 heteroatoms. The molecule has 2 bridgehead atoms. The van der Waals surface area contributed by atoms with Crippen LogP contribution in [0.2, 0.25) is 0 Å². The Morgan fingerprint density at radius 1 is 0.648 bits per heavy atom. The second kappa shape index (κ2) is 36.3. The maximum atomic E-state index is 15.5. The fourth-order valence-electron chi connectivity index (χ4n) is 17.1. The van der Waals surface area contributed by atoms with Crippen LogP contribution >= 0.6 is 0 Å². The van der Waals surface area contributed by atoms with Crippen LogP contribution in [0, 0.1) is 41.4 Å². The Morgan fingerprint density at radius 3 is 1.83 bits per heavy atom. The van der Waals surface area contributed by atoms with E-state index in [0.717, 1.165) is 48.3 Å². The number of fused-ring (bicyclic) bond motifs is 3. The summed E-state index contributed by atoms with van der Waals surface area (Å²) in [5.41, 5.74) is -1.64. The molecule has 1 spiro atoms. The van der Waals surface area contributed by atoms with Crippen LogP contribution in [0.1, 0.15) is 182 Å². The van der Waals surface area contributed by atoms with Gasteiger partial charge < -0.3 is 64.8 Å². The molecule has 25 nitrogen and oxygen atoms in total. The van der Waals surface area contributed by atoms with E-state index in [1.54, 1.807) is 19.9 Å². The van der Waals surface area contributed by atoms with Crippen molar-refractivity contribution < 1.29 is 84.2 Å². The van der Waals surface area contributed by atoms with Gasteiger partial charge >= 0.3 is 6.18 Å². The van der Waals surface area contributed by atoms with Crippen molar-refractivity contribution in [1.29, 1.82) is 0 Å². The van der Waals surface area contributed by atoms with E-state index in [-0.39, 0.29) is 82.9 Å². The molecular weight excluding hydrogens is 1370 g/mol. The molecule has 0 aromatic carbocycles. The van der Waals surface area contributed by atoms with Gasteiger partial charge in [0.2, 0.25) is 70.9 Å². The zero-order chi connectivity index (χ0) is 77.3. The smallest absolute Gasteiger partial charge is 0.377 e. The van der Waals surface area contributed by atoms with Crippen molar-refractivity contribution in [2.45, 2.75) is 260 Å². The third-order valence-electron chi connectivity index (χ3n) is 24.3. The molecule has 12 amide bonds. The molecule has 0 radical (unpaired) electrons. The molecule has 5 aliphatic carbocycles. The lowest BCUT2D eigenvalue weighted by atomic mass is 9.74. The van der Waals surface area contributed by atoms with Crippen LogP contribution in [-0.4, -0.2) is 283 Å². The van der Waals surface area contributed by atoms with Gasteiger partial charge in [-0.1, -0.05) is 90.7 Å². The summed E-state index contributed by atoms with van der Waals surface area (Å²) in [6.07, 6.45) is -1.42. The lowest BCUT2D eigenvalue weighted by Gasteiger charge is -2.46. The SMILES string of the molecule is CCO[C@@H]1C[C@H]2C(=O)NC3(CCC3)C(=O)N(C)[C@@H](C3CCCC3)C(=O)N(C)[C@H](C(=O)N(C)C)CC(=O)N(C)[C@@H](CC3CC3)C(=O)N[C@@H]([C@@H](C)CC)C(=O)N(C)CC(=O)N(C)[C@H]3C/C=C\CCN(C3=O)[C@@H](CC3CCC(C)CC3)C(=O)N(C)CC(=O)N[C@@H](CCC3CC(F)C(C(F)(F)F)C(F)C3)C(=O)N2C1. The molecule has 7 fully saturated rings. The van der Waals surface area contributed by atoms with E-state index in [1.165, 1.54) is 90.7 Å². The van der Waals surface area contributed by atoms with Gasteiger partial charge in [-0.15, -0.1) is 0 Å². The molecule has 2 unspecified atom stereocenters. The summed E-state index contributed by atoms with van der Waals surface area (Å²) >= 11 is 0. The van der Waals surface area contributed by atoms with E-state index in [4.69, 9.17) is 4.74 Å². The predicted octanol–water partition coefficient (Wildman–Crippen LogP) is 5.56. The van der Waals surface area contributed by atoms with Crippen LogP contribution in [0.5, 0.6) is 0 Å². The number of carbonyl (C=O) groups excluding carboxylic acids is 12. The maximum Gasteiger partial charge on any atom is 0.397 e. The molecule has 105 heavy (non-hydrogen) atoms. The first-order valence-electron chi connectivity index (χ1n) is 38.4. The quantitative estimate of drug-likeness (QED) is 0.151. The number of alkyl halides is 5. The Balaban J connectivity index is 1.19. The molecule has 3 heterocycles. The van der Waals surface area contributed by atoms with Crippen LogP contribution < -0.4 is 16.0 Å². The van der Waals surface area contributed by atoms with Crippen molar-refractivity contribution in [3.63, 3.8) is 0 Å². The van der Waals surface area contributed by atoms with Crippen molar-refractivity contribution >= 4 is 70.9 Å². The number of likely N-dealkylation sites (N-methyl/N-ethyl adjacent to an activating group) is 7. The monoisotopic (exact) mass is 1490 g/mol. The molecule has 3 N–H and O–H groups in total. The first-order valence-corrected chi connectivity index (χ1v) is 38.4. The van der Waals surface area contributed by atoms with Crippen LogP contribution in [0.3, 0.4) is 0 Å². The Kier molecular flexibility index (Phi) is 28.9. The maximum absolute atomic E-state index is 15.5. The van der Waals surface area contributed by atoms with Crippen LogP contribution in [0.25, 0.3) is 0 Å². The minimum atomic E-state index is -5.17. The van der Waals surface area contributed by atoms with Gasteiger partial charge in [0.1, 0.15) is 72.1 Å². The topological polar surface area (TPSA) is 279 Å². The van der Waals surface area contributed by atoms with E-state index in [2.05, 4.69) is 22.9 Å². The first-order chi connectivity index (χ1) is 49.5. The van der Waals surface area contributed by atoms with Crippen molar-refractivity contribution in [1.82, 2.24) is 60.0 Å². The lowest BCUT2D eigenvalue weighted by Crippen LogP contribution is -2.68. The largest absolute Gasteiger partial charge is 0.397 e. The molecule has 3 aliphatic heterocycles. The number of nitrogens with zero attached hydrogens (tertiary/aromatic N) is 9. The second-order valence-corrected chi connectivity index (χ2v) is 32.1. The van der Waals surface area contributed by atoms with Crippen molar-refractivity contribution in [3.05, 3.63) is 12.2 Å². The minimum absolute atomic E-state index is 0.0193. The molecule has 8 aliphatic rings. The van der Waals surface area contributed by atoms with Gasteiger partial charge in [-0.3, -0.25) is 57.5 Å². The number of carbonyl (C=O) groups is 12. The molecule has 12 atom stereocenters. The number of hydrogen-bond donors (Lipinski definition) is 3. The number of nitrogens with one attached hydrogen (secondary N) is 3. The summed E-state index contributed by atoms with van der Waals surface area (Å²) in [7, 11) is 11.4. The zero-order valence-electron chi connectivity index (χ0n) is 63.8. The molecule has 0 aromatic heterocycles. The number of rotatable bonds is 13. The molecule has 2 saturated heterocycles. The molecule has 590 valence electrons. The summed E-state index contributed by atoms with van der Waals surface area (Å²) in [6, 6.07) is -10.5. The fourth-order valence-corrected chi connectivity index (χ4v) is 17.1. The highest BCUT2D eigenvalue weighted by Crippen LogP contribution is 2.45. The fraction of sp³-hybridized carbons (Fsp3) is 0.813. The second-order valence-electron chi connectivity index (χ2n) is 32.1. The summed E-state index contributed by atoms with van der Waals surface area (Å²) in [6.45, 7) is 6.09. The summed E-state index contributed by atoms with van der Waals surface area (Å²) in [5.74, 6) is -12.8. The predicted molar refractivity (Wildman–Crippen MR) is 379 cm³/mol. The molecule has 8 rings (SSSR count). The van der Waals surface area contributed by atoms with Gasteiger partial charge in [-0.25, -0.2) is 8.78 Å². The Morgan fingerprint density at radius 2 is 1.26 bits per heavy atom. The average molecular weight is 1490 g/mol. The van der Waals surface area contributed by atoms with Gasteiger partial charge in [-0.2, -0.15) is 13.2 Å². The van der Waals surface area contributed by atoms with E-state index in [9.17, 15) is 41.9 Å². The summed E-state index contributed by atoms with van der Waals surface area (Å²) in [4.78, 5) is 192. The third kappa shape index (κ3) is 20.2. The van der Waals surface area contributed by atoms with Gasteiger partial charge in [0.15, 0.2) is 0 Å². The van der Waals surface area contributed by atoms with Gasteiger partial charge in [0.25, 0.3) is 0 Å². The highest BCUT2D eigenvalue weighted by molar-refractivity contribution is 6.01. The van der Waals surface area contributed by atoms with Gasteiger partial charge in [0.05, 0.1) is 25.6 Å². The third-order valence-corrected chi connectivity index (χ3v) is 24.3. The Hall–Kier alpha value is -7.01. The molecular formula is C75H117F5N12O13. The molecule has 5 saturated carbocycles. The van der Waals surface area contributed by atoms with Crippen LogP contribution in [-0.2, 0) is 62.3 Å². The number of hydrogen-bond acceptors (Lipinski definition) is 13. The van der Waals surface area contributed by atoms with Gasteiger partial charge in [0, 0.05) is 82.5 Å². The standard InChI is InChI=1S/C75H117F5N12O13/c1-13-45(4)63-71(102)86(8)43-61(95)87(9)54-23-16-15-19-34-91(70(54)101)58(38-46-26-24-44(3)25-27-46)69(100)85(7)42-59(93)81-53(31-30-48-35-51(76)62(52(77)36-48)75(78,79)80)67(98)92-41-50(105-14-2)39-56(92)66(97)83-74(32-20-33-74)73(104)90(12)64(49-21-17-18-22-49)72(103)89(11)57(68(99)84(5)6)40-60(94)88(10)55(65(96)82-63)37-47-28-29-47/h15-16,44-58,62-64H,13-14,17-43H2,1-12H3,(H,81,93)(H,82,96)(H,83,97)/b16-15-/t44?,45-,46?,48?,50+,51?,52?,53-,54-,55-,56-,57-,58-,62?,63-,64-/m0/s1. The van der Waals surface area contributed by atoms with Gasteiger partial charge in [-0.05, 0) is 126 Å². The van der Waals surface area contributed by atoms with Crippen molar-refractivity contribution in [3.8, 4) is 0 Å². The Bertz CT molecular complexity index is 3150. The van der Waals surface area contributed by atoms with Crippen LogP contribution in [0.15, 0.2) is 12.2 Å². The zero-order valence-corrected chi connectivity index (χ0v) is 63.8. The van der Waals surface area contributed by atoms with Crippen LogP contribution in [0.4, 0.5) is 22.0 Å². The van der Waals surface area contributed by atoms with Crippen molar-refractivity contribution in [2.24, 2.45) is 41.4 Å². The van der Waals surface area contributed by atoms with E-state index >= 15 is 37.5 Å². The number of halogens is 5. The normalized spacial score (nSPS) is 33.0. The minimum Gasteiger partial charge on any atom is -0.377 e. The average Bonchev–Trinajstić information content (AvgIpc) is 1.16. The first kappa shape index (κ1) is 83.6. The van der Waals surface area contributed by atoms with E-state index in [1.807, 2.05) is 13.0 Å².